The van der Waals surface area contributed by atoms with E-state index in [9.17, 15) is 4.79 Å². The third-order valence-electron chi connectivity index (χ3n) is 2.52. The van der Waals surface area contributed by atoms with E-state index in [2.05, 4.69) is 31.9 Å². The predicted octanol–water partition coefficient (Wildman–Crippen LogP) is 4.49. The van der Waals surface area contributed by atoms with Crippen LogP contribution in [0.1, 0.15) is 15.9 Å². The fraction of sp³-hybridized carbons (Fsp3) is 0.0714. The summed E-state index contributed by atoms with van der Waals surface area (Å²) in [6.45, 7) is 0.211. The van der Waals surface area contributed by atoms with Crippen LogP contribution in [-0.4, -0.2) is 11.1 Å². The van der Waals surface area contributed by atoms with Crippen LogP contribution in [0.2, 0.25) is 0 Å². The fourth-order valence-corrected chi connectivity index (χ4v) is 2.76. The van der Waals surface area contributed by atoms with Gasteiger partial charge in [-0.1, -0.05) is 34.1 Å². The van der Waals surface area contributed by atoms with Gasteiger partial charge in [0.2, 0.25) is 0 Å². The number of rotatable bonds is 4. The summed E-state index contributed by atoms with van der Waals surface area (Å²) in [7, 11) is 0. The lowest BCUT2D eigenvalue weighted by Crippen LogP contribution is -2.05. The molecule has 2 aromatic carbocycles. The summed E-state index contributed by atoms with van der Waals surface area (Å²) in [6, 6.07) is 12.4. The van der Waals surface area contributed by atoms with Crippen molar-refractivity contribution in [1.29, 1.82) is 0 Å². The number of halogens is 2. The summed E-state index contributed by atoms with van der Waals surface area (Å²) in [4.78, 5) is 11.1. The zero-order chi connectivity index (χ0) is 13.8. The monoisotopic (exact) mass is 384 g/mol. The van der Waals surface area contributed by atoms with Gasteiger partial charge in [-0.15, -0.1) is 0 Å². The summed E-state index contributed by atoms with van der Waals surface area (Å²) >= 11 is 6.76. The minimum atomic E-state index is -0.950. The van der Waals surface area contributed by atoms with Crippen molar-refractivity contribution in [2.24, 2.45) is 0 Å². The van der Waals surface area contributed by atoms with E-state index in [0.717, 1.165) is 8.95 Å². The molecule has 0 amide bonds. The average molecular weight is 386 g/mol. The lowest BCUT2D eigenvalue weighted by Gasteiger charge is -2.10. The lowest BCUT2D eigenvalue weighted by atomic mass is 10.1. The molecule has 19 heavy (non-hydrogen) atoms. The molecule has 0 aliphatic rings. The highest BCUT2D eigenvalue weighted by Crippen LogP contribution is 2.29. The molecule has 0 heterocycles. The van der Waals surface area contributed by atoms with Crippen LogP contribution in [-0.2, 0) is 6.61 Å². The van der Waals surface area contributed by atoms with E-state index >= 15 is 0 Å². The smallest absolute Gasteiger partial charge is 0.336 e. The first-order chi connectivity index (χ1) is 9.08. The van der Waals surface area contributed by atoms with Crippen LogP contribution in [0.5, 0.6) is 5.75 Å². The standard InChI is InChI=1S/C14H10Br2O3/c15-10-5-6-13(12(16)7-10)19-8-9-3-1-2-4-11(9)14(17)18/h1-7H,8H2,(H,17,18). The largest absolute Gasteiger partial charge is 0.488 e. The van der Waals surface area contributed by atoms with Gasteiger partial charge in [-0.25, -0.2) is 4.79 Å². The molecule has 0 saturated carbocycles. The number of benzene rings is 2. The first-order valence-corrected chi connectivity index (χ1v) is 7.05. The van der Waals surface area contributed by atoms with E-state index < -0.39 is 5.97 Å². The van der Waals surface area contributed by atoms with Gasteiger partial charge in [-0.05, 0) is 40.2 Å². The second-order valence-corrected chi connectivity index (χ2v) is 5.60. The number of aromatic carboxylic acids is 1. The maximum absolute atomic E-state index is 11.1. The molecule has 1 N–H and O–H groups in total. The topological polar surface area (TPSA) is 46.5 Å². The number of carboxylic acid groups (broad SMARTS) is 1. The number of carboxylic acids is 1. The Morgan fingerprint density at radius 1 is 1.16 bits per heavy atom. The molecular weight excluding hydrogens is 376 g/mol. The molecule has 2 rings (SSSR count). The van der Waals surface area contributed by atoms with E-state index in [-0.39, 0.29) is 12.2 Å². The van der Waals surface area contributed by atoms with Crippen molar-refractivity contribution < 1.29 is 14.6 Å². The second-order valence-electron chi connectivity index (χ2n) is 3.83. The maximum Gasteiger partial charge on any atom is 0.336 e. The molecule has 0 bridgehead atoms. The molecule has 0 fully saturated rings. The van der Waals surface area contributed by atoms with E-state index in [1.54, 1.807) is 24.3 Å². The molecular formula is C14H10Br2O3. The highest BCUT2D eigenvalue weighted by molar-refractivity contribution is 9.11. The average Bonchev–Trinajstić information content (AvgIpc) is 2.38. The number of hydrogen-bond donors (Lipinski definition) is 1. The van der Waals surface area contributed by atoms with Crippen LogP contribution in [0.15, 0.2) is 51.4 Å². The van der Waals surface area contributed by atoms with Crippen molar-refractivity contribution in [1.82, 2.24) is 0 Å². The summed E-state index contributed by atoms with van der Waals surface area (Å²) in [5.41, 5.74) is 0.903. The molecule has 0 saturated heterocycles. The van der Waals surface area contributed by atoms with Gasteiger partial charge in [-0.3, -0.25) is 0 Å². The quantitative estimate of drug-likeness (QED) is 0.843. The fourth-order valence-electron chi connectivity index (χ4n) is 1.60. The van der Waals surface area contributed by atoms with Gasteiger partial charge < -0.3 is 9.84 Å². The Hall–Kier alpha value is -1.33. The minimum absolute atomic E-state index is 0.211. The molecule has 0 spiro atoms. The zero-order valence-electron chi connectivity index (χ0n) is 9.77. The van der Waals surface area contributed by atoms with Crippen molar-refractivity contribution in [3.8, 4) is 5.75 Å². The number of ether oxygens (including phenoxy) is 1. The molecule has 2 aromatic rings. The maximum atomic E-state index is 11.1. The van der Waals surface area contributed by atoms with Crippen molar-refractivity contribution in [3.63, 3.8) is 0 Å². The van der Waals surface area contributed by atoms with E-state index in [1.165, 1.54) is 0 Å². The molecule has 0 atom stereocenters. The molecule has 0 unspecified atom stereocenters. The van der Waals surface area contributed by atoms with Crippen LogP contribution in [0.3, 0.4) is 0 Å². The highest BCUT2D eigenvalue weighted by Gasteiger charge is 2.10. The molecule has 0 aromatic heterocycles. The van der Waals surface area contributed by atoms with Crippen molar-refractivity contribution in [3.05, 3.63) is 62.5 Å². The minimum Gasteiger partial charge on any atom is -0.488 e. The van der Waals surface area contributed by atoms with E-state index in [4.69, 9.17) is 9.84 Å². The van der Waals surface area contributed by atoms with Crippen LogP contribution in [0.4, 0.5) is 0 Å². The van der Waals surface area contributed by atoms with Gasteiger partial charge in [0.15, 0.2) is 0 Å². The van der Waals surface area contributed by atoms with Gasteiger partial charge in [0.05, 0.1) is 10.0 Å². The molecule has 0 aliphatic carbocycles. The summed E-state index contributed by atoms with van der Waals surface area (Å²) < 4.78 is 7.39. The molecule has 0 aliphatic heterocycles. The van der Waals surface area contributed by atoms with Crippen molar-refractivity contribution in [2.45, 2.75) is 6.61 Å². The Balaban J connectivity index is 2.17. The predicted molar refractivity (Wildman–Crippen MR) is 79.6 cm³/mol. The zero-order valence-corrected chi connectivity index (χ0v) is 12.9. The van der Waals surface area contributed by atoms with Gasteiger partial charge in [0.25, 0.3) is 0 Å². The van der Waals surface area contributed by atoms with Gasteiger partial charge in [0, 0.05) is 10.0 Å². The Kier molecular flexibility index (Phi) is 4.61. The highest BCUT2D eigenvalue weighted by atomic mass is 79.9. The third kappa shape index (κ3) is 3.58. The third-order valence-corrected chi connectivity index (χ3v) is 3.64. The normalized spacial score (nSPS) is 10.2. The number of carbonyl (C=O) groups is 1. The first-order valence-electron chi connectivity index (χ1n) is 5.47. The lowest BCUT2D eigenvalue weighted by molar-refractivity contribution is 0.0694. The van der Waals surface area contributed by atoms with Crippen LogP contribution in [0, 0.1) is 0 Å². The molecule has 3 nitrogen and oxygen atoms in total. The second kappa shape index (κ2) is 6.21. The summed E-state index contributed by atoms with van der Waals surface area (Å²) in [5.74, 6) is -0.280. The van der Waals surface area contributed by atoms with Gasteiger partial charge >= 0.3 is 5.97 Å². The summed E-state index contributed by atoms with van der Waals surface area (Å²) in [5, 5.41) is 9.08. The molecule has 0 radical (unpaired) electrons. The van der Waals surface area contributed by atoms with Crippen molar-refractivity contribution >= 4 is 37.8 Å². The Labute approximate surface area is 127 Å². The Morgan fingerprint density at radius 3 is 2.58 bits per heavy atom. The molecule has 5 heteroatoms. The van der Waals surface area contributed by atoms with E-state index in [1.807, 2.05) is 18.2 Å². The Morgan fingerprint density at radius 2 is 1.89 bits per heavy atom. The summed E-state index contributed by atoms with van der Waals surface area (Å²) in [6.07, 6.45) is 0. The van der Waals surface area contributed by atoms with E-state index in [0.29, 0.717) is 11.3 Å². The van der Waals surface area contributed by atoms with Crippen LogP contribution < -0.4 is 4.74 Å². The number of hydrogen-bond acceptors (Lipinski definition) is 2. The van der Waals surface area contributed by atoms with Crippen molar-refractivity contribution in [2.75, 3.05) is 0 Å². The Bertz CT molecular complexity index is 611. The van der Waals surface area contributed by atoms with Gasteiger partial charge in [-0.2, -0.15) is 0 Å². The SMILES string of the molecule is O=C(O)c1ccccc1COc1ccc(Br)cc1Br. The van der Waals surface area contributed by atoms with Gasteiger partial charge in [0.1, 0.15) is 12.4 Å². The molecule has 98 valence electrons. The van der Waals surface area contributed by atoms with Crippen LogP contribution in [0.25, 0.3) is 0 Å². The first kappa shape index (κ1) is 14.1. The van der Waals surface area contributed by atoms with Crippen LogP contribution >= 0.6 is 31.9 Å².